The Hall–Kier alpha value is -0.330. The first-order chi connectivity index (χ1) is 5.38. The van der Waals surface area contributed by atoms with E-state index in [0.29, 0.717) is 17.6 Å². The summed E-state index contributed by atoms with van der Waals surface area (Å²) in [4.78, 5) is 11.6. The van der Waals surface area contributed by atoms with Gasteiger partial charge in [-0.1, -0.05) is 19.3 Å². The van der Waals surface area contributed by atoms with Crippen molar-refractivity contribution in [2.75, 3.05) is 0 Å². The third-order valence-corrected chi connectivity index (χ3v) is 2.99. The Balaban J connectivity index is 1.86. The average molecular weight is 152 g/mol. The predicted octanol–water partition coefficient (Wildman–Crippen LogP) is 2.55. The molecule has 0 aromatic heterocycles. The molecular weight excluding hydrogens is 136 g/mol. The van der Waals surface area contributed by atoms with E-state index < -0.39 is 0 Å². The molecule has 0 bridgehead atoms. The van der Waals surface area contributed by atoms with Gasteiger partial charge in [0.15, 0.2) is 0 Å². The molecule has 1 nitrogen and oxygen atoms in total. The van der Waals surface area contributed by atoms with Crippen LogP contribution in [0.1, 0.15) is 44.9 Å². The van der Waals surface area contributed by atoms with E-state index in [1.807, 2.05) is 0 Å². The van der Waals surface area contributed by atoms with Crippen molar-refractivity contribution in [2.45, 2.75) is 44.9 Å². The number of Topliss-reactive ketones (excluding diaryl/α,β-unsaturated/α-hetero) is 1. The van der Waals surface area contributed by atoms with Crippen molar-refractivity contribution < 1.29 is 4.79 Å². The van der Waals surface area contributed by atoms with Crippen LogP contribution in [-0.4, -0.2) is 5.78 Å². The normalized spacial score (nSPS) is 26.9. The third kappa shape index (κ3) is 1.63. The Kier molecular flexibility index (Phi) is 1.97. The van der Waals surface area contributed by atoms with Gasteiger partial charge in [-0.15, -0.1) is 0 Å². The molecular formula is C10H16O. The molecule has 1 heteroatoms. The first-order valence-electron chi connectivity index (χ1n) is 4.91. The molecule has 0 heterocycles. The summed E-state index contributed by atoms with van der Waals surface area (Å²) >= 11 is 0. The molecule has 2 fully saturated rings. The molecule has 2 aliphatic carbocycles. The van der Waals surface area contributed by atoms with Gasteiger partial charge >= 0.3 is 0 Å². The highest BCUT2D eigenvalue weighted by molar-refractivity contribution is 5.85. The van der Waals surface area contributed by atoms with Gasteiger partial charge in [0, 0.05) is 11.8 Å². The Morgan fingerprint density at radius 3 is 1.91 bits per heavy atom. The summed E-state index contributed by atoms with van der Waals surface area (Å²) in [6.45, 7) is 0. The molecule has 0 aliphatic heterocycles. The summed E-state index contributed by atoms with van der Waals surface area (Å²) in [7, 11) is 0. The zero-order chi connectivity index (χ0) is 7.68. The lowest BCUT2D eigenvalue weighted by molar-refractivity contribution is -0.125. The summed E-state index contributed by atoms with van der Waals surface area (Å²) in [5, 5.41) is 0. The summed E-state index contributed by atoms with van der Waals surface area (Å²) in [5.74, 6) is 1.57. The van der Waals surface area contributed by atoms with Crippen molar-refractivity contribution in [3.05, 3.63) is 0 Å². The van der Waals surface area contributed by atoms with E-state index in [2.05, 4.69) is 0 Å². The highest BCUT2D eigenvalue weighted by atomic mass is 16.1. The molecule has 2 rings (SSSR count). The minimum absolute atomic E-state index is 0.469. The highest BCUT2D eigenvalue weighted by Gasteiger charge is 2.34. The Morgan fingerprint density at radius 2 is 1.36 bits per heavy atom. The lowest BCUT2D eigenvalue weighted by Gasteiger charge is -2.19. The third-order valence-electron chi connectivity index (χ3n) is 2.99. The fourth-order valence-electron chi connectivity index (χ4n) is 2.09. The van der Waals surface area contributed by atoms with Crippen molar-refractivity contribution in [2.24, 2.45) is 11.8 Å². The Labute approximate surface area is 68.2 Å². The van der Waals surface area contributed by atoms with Gasteiger partial charge in [0.1, 0.15) is 5.78 Å². The lowest BCUT2D eigenvalue weighted by Crippen LogP contribution is -2.18. The summed E-state index contributed by atoms with van der Waals surface area (Å²) in [6, 6.07) is 0. The van der Waals surface area contributed by atoms with E-state index in [9.17, 15) is 4.79 Å². The van der Waals surface area contributed by atoms with Crippen molar-refractivity contribution >= 4 is 5.78 Å². The van der Waals surface area contributed by atoms with Gasteiger partial charge in [0.2, 0.25) is 0 Å². The monoisotopic (exact) mass is 152 g/mol. The second kappa shape index (κ2) is 2.96. The van der Waals surface area contributed by atoms with Crippen molar-refractivity contribution in [1.82, 2.24) is 0 Å². The maximum Gasteiger partial charge on any atom is 0.139 e. The minimum atomic E-state index is 0.469. The van der Waals surface area contributed by atoms with E-state index in [-0.39, 0.29) is 0 Å². The largest absolute Gasteiger partial charge is 0.299 e. The van der Waals surface area contributed by atoms with Gasteiger partial charge in [0.05, 0.1) is 0 Å². The number of carbonyl (C=O) groups is 1. The van der Waals surface area contributed by atoms with Crippen LogP contribution in [0.4, 0.5) is 0 Å². The van der Waals surface area contributed by atoms with Gasteiger partial charge in [-0.25, -0.2) is 0 Å². The van der Waals surface area contributed by atoms with Crippen LogP contribution in [0, 0.1) is 11.8 Å². The quantitative estimate of drug-likeness (QED) is 0.594. The van der Waals surface area contributed by atoms with E-state index in [4.69, 9.17) is 0 Å². The first kappa shape index (κ1) is 7.33. The summed E-state index contributed by atoms with van der Waals surface area (Å²) in [5.41, 5.74) is 0. The second-order valence-corrected chi connectivity index (χ2v) is 4.01. The van der Waals surface area contributed by atoms with Crippen LogP contribution in [0.25, 0.3) is 0 Å². The Bertz CT molecular complexity index is 152. The molecule has 11 heavy (non-hydrogen) atoms. The van der Waals surface area contributed by atoms with Gasteiger partial charge in [-0.05, 0) is 25.7 Å². The molecule has 0 amide bonds. The first-order valence-corrected chi connectivity index (χ1v) is 4.91. The van der Waals surface area contributed by atoms with Crippen molar-refractivity contribution in [1.29, 1.82) is 0 Å². The van der Waals surface area contributed by atoms with Crippen molar-refractivity contribution in [3.8, 4) is 0 Å². The van der Waals surface area contributed by atoms with Crippen molar-refractivity contribution in [3.63, 3.8) is 0 Å². The summed E-state index contributed by atoms with van der Waals surface area (Å²) < 4.78 is 0. The van der Waals surface area contributed by atoms with Crippen LogP contribution in [0.5, 0.6) is 0 Å². The molecule has 0 atom stereocenters. The predicted molar refractivity (Wildman–Crippen MR) is 44.3 cm³/mol. The highest BCUT2D eigenvalue weighted by Crippen LogP contribution is 2.36. The van der Waals surface area contributed by atoms with Crippen LogP contribution in [-0.2, 0) is 4.79 Å². The number of carbonyl (C=O) groups excluding carboxylic acids is 1. The van der Waals surface area contributed by atoms with Crippen LogP contribution in [0.15, 0.2) is 0 Å². The van der Waals surface area contributed by atoms with Crippen LogP contribution < -0.4 is 0 Å². The van der Waals surface area contributed by atoms with Gasteiger partial charge < -0.3 is 0 Å². The van der Waals surface area contributed by atoms with Crippen LogP contribution in [0.3, 0.4) is 0 Å². The SMILES string of the molecule is O=C(C1CCCCC1)C1CC1. The molecule has 0 unspecified atom stereocenters. The fourth-order valence-corrected chi connectivity index (χ4v) is 2.09. The topological polar surface area (TPSA) is 17.1 Å². The molecule has 0 radical (unpaired) electrons. The second-order valence-electron chi connectivity index (χ2n) is 4.01. The van der Waals surface area contributed by atoms with Gasteiger partial charge in [0.25, 0.3) is 0 Å². The molecule has 0 N–H and O–H groups in total. The molecule has 0 spiro atoms. The maximum absolute atomic E-state index is 11.6. The zero-order valence-electron chi connectivity index (χ0n) is 7.01. The fraction of sp³-hybridized carbons (Fsp3) is 0.900. The number of hydrogen-bond acceptors (Lipinski definition) is 1. The molecule has 0 aromatic carbocycles. The number of ketones is 1. The van der Waals surface area contributed by atoms with Crippen LogP contribution >= 0.6 is 0 Å². The molecule has 62 valence electrons. The van der Waals surface area contributed by atoms with Crippen LogP contribution in [0.2, 0.25) is 0 Å². The minimum Gasteiger partial charge on any atom is -0.299 e. The maximum atomic E-state index is 11.6. The smallest absolute Gasteiger partial charge is 0.139 e. The molecule has 0 saturated heterocycles. The van der Waals surface area contributed by atoms with Gasteiger partial charge in [-0.2, -0.15) is 0 Å². The lowest BCUT2D eigenvalue weighted by atomic mass is 9.85. The average Bonchev–Trinajstić information content (AvgIpc) is 2.87. The standard InChI is InChI=1S/C10H16O/c11-10(9-6-7-9)8-4-2-1-3-5-8/h8-9H,1-7H2. The molecule has 2 aliphatic rings. The van der Waals surface area contributed by atoms with E-state index in [1.165, 1.54) is 44.9 Å². The Morgan fingerprint density at radius 1 is 0.818 bits per heavy atom. The molecule has 2 saturated carbocycles. The zero-order valence-corrected chi connectivity index (χ0v) is 7.01. The molecule has 0 aromatic rings. The van der Waals surface area contributed by atoms with E-state index in [1.54, 1.807) is 0 Å². The van der Waals surface area contributed by atoms with E-state index >= 15 is 0 Å². The van der Waals surface area contributed by atoms with E-state index in [0.717, 1.165) is 0 Å². The summed E-state index contributed by atoms with van der Waals surface area (Å²) in [6.07, 6.45) is 8.70. The number of hydrogen-bond donors (Lipinski definition) is 0. The number of rotatable bonds is 2. The van der Waals surface area contributed by atoms with Gasteiger partial charge in [-0.3, -0.25) is 4.79 Å².